The fraction of sp³-hybridized carbons (Fsp3) is 0.318. The highest BCUT2D eigenvalue weighted by Crippen LogP contribution is 2.27. The minimum Gasteiger partial charge on any atom is -0.424 e. The van der Waals surface area contributed by atoms with E-state index in [1.54, 1.807) is 36.4 Å². The Hall–Kier alpha value is -2.40. The third-order valence-corrected chi connectivity index (χ3v) is 6.34. The average molecular weight is 520 g/mol. The number of hydrogen-bond donors (Lipinski definition) is 4. The van der Waals surface area contributed by atoms with Crippen molar-refractivity contribution in [2.24, 2.45) is 0 Å². The first-order valence-electron chi connectivity index (χ1n) is 10.1. The van der Waals surface area contributed by atoms with Crippen molar-refractivity contribution in [1.82, 2.24) is 4.90 Å². The van der Waals surface area contributed by atoms with E-state index in [4.69, 9.17) is 25.7 Å². The topological polar surface area (TPSA) is 122 Å². The third kappa shape index (κ3) is 6.32. The van der Waals surface area contributed by atoms with E-state index in [0.29, 0.717) is 39.3 Å². The summed E-state index contributed by atoms with van der Waals surface area (Å²) in [6.45, 7) is 5.61. The van der Waals surface area contributed by atoms with Crippen molar-refractivity contribution < 1.29 is 13.7 Å². The summed E-state index contributed by atoms with van der Waals surface area (Å²) in [5, 5.41) is 24.5. The summed E-state index contributed by atoms with van der Waals surface area (Å²) in [6, 6.07) is 12.3. The molecule has 1 unspecified atom stereocenters. The highest BCUT2D eigenvalue weighted by molar-refractivity contribution is 9.10. The van der Waals surface area contributed by atoms with Gasteiger partial charge in [-0.1, -0.05) is 34.1 Å². The van der Waals surface area contributed by atoms with Crippen LogP contribution in [0, 0.1) is 16.2 Å². The second-order valence-corrected chi connectivity index (χ2v) is 9.68. The van der Waals surface area contributed by atoms with Crippen LogP contribution in [0.15, 0.2) is 51.8 Å². The molecule has 0 spiro atoms. The molecule has 3 rings (SSSR count). The van der Waals surface area contributed by atoms with Crippen molar-refractivity contribution in [2.75, 3.05) is 24.4 Å². The average Bonchev–Trinajstić information content (AvgIpc) is 2.73. The standard InChI is InChI=1S/C22H26BrN5O3S/c1-14-11-28(12-15(2)30-14)13-21(25)31-22(26)18-8-16(23)9-20(19(18)10-24)27-32(29)17-6-4-3-5-7-17/h3-10,14-15,24-27H,11-13H2,1-2H3/t14-,15+,32?. The van der Waals surface area contributed by atoms with Gasteiger partial charge in [0.2, 0.25) is 11.8 Å². The zero-order valence-corrected chi connectivity index (χ0v) is 20.3. The number of benzene rings is 2. The molecule has 0 saturated carbocycles. The molecule has 32 heavy (non-hydrogen) atoms. The molecule has 0 aromatic heterocycles. The fourth-order valence-corrected chi connectivity index (χ4v) is 4.92. The van der Waals surface area contributed by atoms with Crippen LogP contribution in [0.2, 0.25) is 0 Å². The second-order valence-electron chi connectivity index (χ2n) is 7.55. The van der Waals surface area contributed by atoms with Gasteiger partial charge in [0.1, 0.15) is 11.0 Å². The summed E-state index contributed by atoms with van der Waals surface area (Å²) in [7, 11) is -1.54. The van der Waals surface area contributed by atoms with Crippen LogP contribution < -0.4 is 4.72 Å². The Kier molecular flexibility index (Phi) is 8.30. The molecule has 1 aliphatic rings. The molecular weight excluding hydrogens is 494 g/mol. The van der Waals surface area contributed by atoms with Gasteiger partial charge < -0.3 is 19.6 Å². The number of halogens is 1. The molecule has 170 valence electrons. The van der Waals surface area contributed by atoms with E-state index < -0.39 is 11.0 Å². The van der Waals surface area contributed by atoms with Gasteiger partial charge in [-0.05, 0) is 38.1 Å². The summed E-state index contributed by atoms with van der Waals surface area (Å²) in [5.41, 5.74) is 1.08. The van der Waals surface area contributed by atoms with Gasteiger partial charge in [-0.15, -0.1) is 0 Å². The van der Waals surface area contributed by atoms with Crippen LogP contribution in [0.3, 0.4) is 0 Å². The molecule has 8 nitrogen and oxygen atoms in total. The minimum atomic E-state index is -1.54. The summed E-state index contributed by atoms with van der Waals surface area (Å²) < 4.78 is 27.5. The van der Waals surface area contributed by atoms with Gasteiger partial charge >= 0.3 is 0 Å². The van der Waals surface area contributed by atoms with Crippen LogP contribution in [0.5, 0.6) is 0 Å². The maximum absolute atomic E-state index is 12.7. The summed E-state index contributed by atoms with van der Waals surface area (Å²) in [4.78, 5) is 2.65. The monoisotopic (exact) mass is 519 g/mol. The van der Waals surface area contributed by atoms with Crippen LogP contribution in [-0.4, -0.2) is 59.0 Å². The maximum Gasteiger partial charge on any atom is 0.221 e. The zero-order valence-electron chi connectivity index (χ0n) is 17.9. The van der Waals surface area contributed by atoms with Crippen molar-refractivity contribution >= 4 is 50.6 Å². The maximum atomic E-state index is 12.7. The first kappa shape index (κ1) is 24.2. The number of rotatable bonds is 7. The molecule has 0 radical (unpaired) electrons. The first-order chi connectivity index (χ1) is 15.3. The molecule has 1 fully saturated rings. The largest absolute Gasteiger partial charge is 0.424 e. The number of anilines is 1. The van der Waals surface area contributed by atoms with Gasteiger partial charge in [0.05, 0.1) is 29.3 Å². The van der Waals surface area contributed by atoms with Crippen LogP contribution >= 0.6 is 15.9 Å². The van der Waals surface area contributed by atoms with E-state index >= 15 is 0 Å². The van der Waals surface area contributed by atoms with Crippen molar-refractivity contribution in [2.45, 2.75) is 31.0 Å². The lowest BCUT2D eigenvalue weighted by atomic mass is 10.1. The molecule has 1 aliphatic heterocycles. The second kappa shape index (κ2) is 11.0. The number of nitrogens with zero attached hydrogens (tertiary/aromatic N) is 1. The molecule has 4 N–H and O–H groups in total. The lowest BCUT2D eigenvalue weighted by Gasteiger charge is -2.35. The van der Waals surface area contributed by atoms with Crippen molar-refractivity contribution in [3.8, 4) is 0 Å². The van der Waals surface area contributed by atoms with E-state index in [-0.39, 0.29) is 30.5 Å². The highest BCUT2D eigenvalue weighted by Gasteiger charge is 2.24. The molecular formula is C22H26BrN5O3S. The van der Waals surface area contributed by atoms with Gasteiger partial charge in [-0.25, -0.2) is 4.21 Å². The Morgan fingerprint density at radius 2 is 1.91 bits per heavy atom. The number of ether oxygens (including phenoxy) is 2. The predicted octanol–water partition coefficient (Wildman–Crippen LogP) is 4.01. The normalized spacial score (nSPS) is 19.7. The van der Waals surface area contributed by atoms with E-state index in [0.717, 1.165) is 6.21 Å². The van der Waals surface area contributed by atoms with Crippen molar-refractivity contribution in [3.63, 3.8) is 0 Å². The van der Waals surface area contributed by atoms with E-state index in [2.05, 4.69) is 25.6 Å². The summed E-state index contributed by atoms with van der Waals surface area (Å²) in [5.74, 6) is -0.313. The highest BCUT2D eigenvalue weighted by atomic mass is 79.9. The predicted molar refractivity (Wildman–Crippen MR) is 131 cm³/mol. The molecule has 1 saturated heterocycles. The molecule has 0 aliphatic carbocycles. The van der Waals surface area contributed by atoms with Gasteiger partial charge in [0, 0.05) is 34.9 Å². The Morgan fingerprint density at radius 3 is 2.53 bits per heavy atom. The van der Waals surface area contributed by atoms with E-state index in [1.807, 2.05) is 19.9 Å². The van der Waals surface area contributed by atoms with Gasteiger partial charge in [-0.3, -0.25) is 15.7 Å². The quantitative estimate of drug-likeness (QED) is 0.326. The number of hydrogen-bond acceptors (Lipinski definition) is 7. The lowest BCUT2D eigenvalue weighted by molar-refractivity contribution is -0.0642. The Morgan fingerprint density at radius 1 is 1.25 bits per heavy atom. The Balaban J connectivity index is 1.75. The minimum absolute atomic E-state index is 0.0606. The summed E-state index contributed by atoms with van der Waals surface area (Å²) in [6.07, 6.45) is 1.22. The smallest absolute Gasteiger partial charge is 0.221 e. The molecule has 2 aromatic carbocycles. The number of nitrogens with one attached hydrogen (secondary N) is 4. The van der Waals surface area contributed by atoms with Crippen LogP contribution in [0.4, 0.5) is 5.69 Å². The number of morpholine rings is 1. The molecule has 0 amide bonds. The van der Waals surface area contributed by atoms with Crippen molar-refractivity contribution in [3.05, 3.63) is 58.1 Å². The molecule has 2 aromatic rings. The van der Waals surface area contributed by atoms with Gasteiger partial charge in [0.25, 0.3) is 0 Å². The van der Waals surface area contributed by atoms with Gasteiger partial charge in [0.15, 0.2) is 0 Å². The van der Waals surface area contributed by atoms with E-state index in [9.17, 15) is 4.21 Å². The van der Waals surface area contributed by atoms with E-state index in [1.165, 1.54) is 0 Å². The lowest BCUT2D eigenvalue weighted by Crippen LogP contribution is -2.47. The molecule has 0 bridgehead atoms. The van der Waals surface area contributed by atoms with Crippen LogP contribution in [-0.2, 0) is 20.5 Å². The molecule has 10 heteroatoms. The van der Waals surface area contributed by atoms with Crippen LogP contribution in [0.25, 0.3) is 0 Å². The SMILES string of the molecule is C[C@@H]1CN(CC(=N)OC(=N)c2cc(Br)cc(NS(=O)c3ccccc3)c2C=N)C[C@H](C)O1. The Bertz CT molecular complexity index is 1020. The summed E-state index contributed by atoms with van der Waals surface area (Å²) >= 11 is 3.41. The third-order valence-electron chi connectivity index (χ3n) is 4.78. The van der Waals surface area contributed by atoms with Crippen molar-refractivity contribution in [1.29, 1.82) is 16.2 Å². The van der Waals surface area contributed by atoms with Crippen LogP contribution in [0.1, 0.15) is 25.0 Å². The Labute approximate surface area is 198 Å². The molecule has 1 heterocycles. The molecule has 3 atom stereocenters. The zero-order chi connectivity index (χ0) is 23.3. The van der Waals surface area contributed by atoms with Gasteiger partial charge in [-0.2, -0.15) is 0 Å². The first-order valence-corrected chi connectivity index (χ1v) is 12.0. The fourth-order valence-electron chi connectivity index (χ4n) is 3.58.